The lowest BCUT2D eigenvalue weighted by Gasteiger charge is -2.09. The van der Waals surface area contributed by atoms with Gasteiger partial charge < -0.3 is 0 Å². The van der Waals surface area contributed by atoms with Crippen LogP contribution in [0.4, 0.5) is 11.6 Å². The molecular weight excluding hydrogens is 334 g/mol. The lowest BCUT2D eigenvalue weighted by Crippen LogP contribution is -2.15. The van der Waals surface area contributed by atoms with E-state index in [-0.39, 0.29) is 10.8 Å². The number of hydrazine groups is 1. The molecule has 0 aliphatic carbocycles. The monoisotopic (exact) mass is 343 g/mol. The molecule has 100 valence electrons. The Hall–Kier alpha value is -1.71. The van der Waals surface area contributed by atoms with Crippen LogP contribution in [0.15, 0.2) is 46.0 Å². The molecular formula is C10H10BrN5O2S. The van der Waals surface area contributed by atoms with Crippen LogP contribution in [0.25, 0.3) is 0 Å². The van der Waals surface area contributed by atoms with E-state index >= 15 is 0 Å². The number of para-hydroxylation sites is 1. The Morgan fingerprint density at radius 3 is 2.37 bits per heavy atom. The topological polar surface area (TPSA) is 110 Å². The van der Waals surface area contributed by atoms with E-state index in [1.807, 2.05) is 0 Å². The first-order chi connectivity index (χ1) is 9.03. The molecule has 0 spiro atoms. The van der Waals surface area contributed by atoms with Gasteiger partial charge in [-0.25, -0.2) is 24.2 Å². The highest BCUT2D eigenvalue weighted by atomic mass is 79.9. The third kappa shape index (κ3) is 3.19. The Balaban J connectivity index is 2.30. The van der Waals surface area contributed by atoms with E-state index in [1.165, 1.54) is 12.4 Å². The van der Waals surface area contributed by atoms with E-state index in [0.29, 0.717) is 10.2 Å². The van der Waals surface area contributed by atoms with E-state index in [2.05, 4.69) is 36.0 Å². The minimum Gasteiger partial charge on any atom is -0.292 e. The molecule has 19 heavy (non-hydrogen) atoms. The molecule has 1 heterocycles. The van der Waals surface area contributed by atoms with Gasteiger partial charge in [0.2, 0.25) is 5.95 Å². The number of rotatable bonds is 4. The second-order valence-corrected chi connectivity index (χ2v) is 6.01. The van der Waals surface area contributed by atoms with Gasteiger partial charge in [0.05, 0.1) is 18.1 Å². The molecule has 9 heteroatoms. The van der Waals surface area contributed by atoms with Crippen LogP contribution in [0.3, 0.4) is 0 Å². The van der Waals surface area contributed by atoms with Crippen LogP contribution < -0.4 is 16.0 Å². The fourth-order valence-corrected chi connectivity index (χ4v) is 2.76. The minimum atomic E-state index is -3.73. The lowest BCUT2D eigenvalue weighted by molar-refractivity contribution is 0.600. The summed E-state index contributed by atoms with van der Waals surface area (Å²) in [7, 11) is -3.73. The first-order valence-corrected chi connectivity index (χ1v) is 7.36. The average Bonchev–Trinajstić information content (AvgIpc) is 2.41. The van der Waals surface area contributed by atoms with Crippen molar-refractivity contribution in [3.05, 3.63) is 41.1 Å². The van der Waals surface area contributed by atoms with Crippen molar-refractivity contribution in [2.75, 3.05) is 10.1 Å². The number of nitrogen functional groups attached to an aromatic ring is 1. The molecule has 0 atom stereocenters. The third-order valence-electron chi connectivity index (χ3n) is 2.19. The average molecular weight is 344 g/mol. The molecule has 1 aromatic carbocycles. The zero-order valence-electron chi connectivity index (χ0n) is 9.54. The van der Waals surface area contributed by atoms with Gasteiger partial charge in [-0.3, -0.25) is 10.1 Å². The fraction of sp³-hybridized carbons (Fsp3) is 0. The van der Waals surface area contributed by atoms with Gasteiger partial charge in [-0.1, -0.05) is 12.1 Å². The molecule has 0 radical (unpaired) electrons. The molecule has 0 saturated carbocycles. The molecule has 0 saturated heterocycles. The molecule has 0 aliphatic rings. The minimum absolute atomic E-state index is 0.0535. The zero-order valence-corrected chi connectivity index (χ0v) is 11.9. The third-order valence-corrected chi connectivity index (χ3v) is 4.20. The summed E-state index contributed by atoms with van der Waals surface area (Å²) in [5, 5.41) is 0. The first-order valence-electron chi connectivity index (χ1n) is 5.09. The van der Waals surface area contributed by atoms with Gasteiger partial charge in [-0.05, 0) is 28.1 Å². The summed E-state index contributed by atoms with van der Waals surface area (Å²) >= 11 is 3.26. The number of hydrogen-bond acceptors (Lipinski definition) is 6. The summed E-state index contributed by atoms with van der Waals surface area (Å²) in [5.74, 6) is 5.24. The van der Waals surface area contributed by atoms with Crippen molar-refractivity contribution in [1.82, 2.24) is 9.97 Å². The summed E-state index contributed by atoms with van der Waals surface area (Å²) in [6.07, 6.45) is 2.34. The number of halogens is 1. The largest absolute Gasteiger partial charge is 0.292 e. The molecule has 0 unspecified atom stereocenters. The highest BCUT2D eigenvalue weighted by Gasteiger charge is 2.16. The number of nitrogens with zero attached hydrogens (tertiary/aromatic N) is 2. The number of nitrogens with one attached hydrogen (secondary N) is 2. The van der Waals surface area contributed by atoms with E-state index in [9.17, 15) is 8.42 Å². The SMILES string of the molecule is NNc1ncc(S(=O)(=O)Nc2ccccc2Br)cn1. The Bertz CT molecular complexity index is 675. The zero-order chi connectivity index (χ0) is 13.9. The predicted octanol–water partition coefficient (Wildman–Crippen LogP) is 1.33. The maximum atomic E-state index is 12.1. The van der Waals surface area contributed by atoms with E-state index in [1.54, 1.807) is 24.3 Å². The second-order valence-electron chi connectivity index (χ2n) is 3.47. The molecule has 2 aromatic rings. The van der Waals surface area contributed by atoms with Crippen LogP contribution in [0, 0.1) is 0 Å². The number of nitrogens with two attached hydrogens (primary N) is 1. The second kappa shape index (κ2) is 5.51. The summed E-state index contributed by atoms with van der Waals surface area (Å²) < 4.78 is 27.3. The molecule has 0 fully saturated rings. The van der Waals surface area contributed by atoms with E-state index in [4.69, 9.17) is 5.84 Å². The van der Waals surface area contributed by atoms with Crippen molar-refractivity contribution >= 4 is 37.6 Å². The summed E-state index contributed by atoms with van der Waals surface area (Å²) in [4.78, 5) is 7.45. The summed E-state index contributed by atoms with van der Waals surface area (Å²) in [5.41, 5.74) is 2.65. The van der Waals surface area contributed by atoms with Gasteiger partial charge in [0.25, 0.3) is 10.0 Å². The van der Waals surface area contributed by atoms with Crippen LogP contribution >= 0.6 is 15.9 Å². The van der Waals surface area contributed by atoms with Gasteiger partial charge >= 0.3 is 0 Å². The highest BCUT2D eigenvalue weighted by Crippen LogP contribution is 2.24. The molecule has 2 rings (SSSR count). The van der Waals surface area contributed by atoms with Crippen molar-refractivity contribution in [2.24, 2.45) is 5.84 Å². The number of hydrogen-bond donors (Lipinski definition) is 3. The Labute approximate surface area is 118 Å². The van der Waals surface area contributed by atoms with Gasteiger partial charge in [-0.15, -0.1) is 0 Å². The van der Waals surface area contributed by atoms with E-state index < -0.39 is 10.0 Å². The molecule has 1 aromatic heterocycles. The van der Waals surface area contributed by atoms with Crippen LogP contribution in [0.2, 0.25) is 0 Å². The molecule has 0 aliphatic heterocycles. The van der Waals surface area contributed by atoms with Crippen molar-refractivity contribution < 1.29 is 8.42 Å². The summed E-state index contributed by atoms with van der Waals surface area (Å²) in [6.45, 7) is 0. The van der Waals surface area contributed by atoms with Crippen LogP contribution in [-0.2, 0) is 10.0 Å². The predicted molar refractivity (Wildman–Crippen MR) is 74.8 cm³/mol. The first kappa shape index (κ1) is 13.7. The Morgan fingerprint density at radius 2 is 1.79 bits per heavy atom. The number of benzene rings is 1. The standard InChI is InChI=1S/C10H10BrN5O2S/c11-8-3-1-2-4-9(8)16-19(17,18)7-5-13-10(15-12)14-6-7/h1-6,16H,12H2,(H,13,14,15). The number of sulfonamides is 1. The van der Waals surface area contributed by atoms with E-state index in [0.717, 1.165) is 0 Å². The molecule has 0 bridgehead atoms. The Morgan fingerprint density at radius 1 is 1.16 bits per heavy atom. The van der Waals surface area contributed by atoms with Crippen molar-refractivity contribution in [3.63, 3.8) is 0 Å². The maximum Gasteiger partial charge on any atom is 0.265 e. The highest BCUT2D eigenvalue weighted by molar-refractivity contribution is 9.10. The van der Waals surface area contributed by atoms with Gasteiger partial charge in [0, 0.05) is 4.47 Å². The van der Waals surface area contributed by atoms with Gasteiger partial charge in [0.15, 0.2) is 0 Å². The van der Waals surface area contributed by atoms with Crippen molar-refractivity contribution in [1.29, 1.82) is 0 Å². The van der Waals surface area contributed by atoms with Crippen molar-refractivity contribution in [3.8, 4) is 0 Å². The van der Waals surface area contributed by atoms with Crippen LogP contribution in [0.1, 0.15) is 0 Å². The van der Waals surface area contributed by atoms with Crippen molar-refractivity contribution in [2.45, 2.75) is 4.90 Å². The lowest BCUT2D eigenvalue weighted by atomic mass is 10.3. The van der Waals surface area contributed by atoms with Crippen LogP contribution in [-0.4, -0.2) is 18.4 Å². The maximum absolute atomic E-state index is 12.1. The smallest absolute Gasteiger partial charge is 0.265 e. The summed E-state index contributed by atoms with van der Waals surface area (Å²) in [6, 6.07) is 6.88. The quantitative estimate of drug-likeness (QED) is 0.570. The molecule has 0 amide bonds. The Kier molecular flexibility index (Phi) is 3.98. The number of aromatic nitrogens is 2. The van der Waals surface area contributed by atoms with Gasteiger partial charge in [0.1, 0.15) is 4.90 Å². The van der Waals surface area contributed by atoms with Crippen LogP contribution in [0.5, 0.6) is 0 Å². The molecule has 7 nitrogen and oxygen atoms in total. The van der Waals surface area contributed by atoms with Gasteiger partial charge in [-0.2, -0.15) is 0 Å². The normalized spacial score (nSPS) is 11.1. The number of anilines is 2. The fourth-order valence-electron chi connectivity index (χ4n) is 1.28. The molecule has 4 N–H and O–H groups in total.